The van der Waals surface area contributed by atoms with Crippen LogP contribution in [0.3, 0.4) is 0 Å². The minimum Gasteiger partial charge on any atom is -0.348 e. The molecule has 0 atom stereocenters. The first-order chi connectivity index (χ1) is 7.26. The van der Waals surface area contributed by atoms with Gasteiger partial charge in [0.15, 0.2) is 5.79 Å². The Morgan fingerprint density at radius 1 is 1.27 bits per heavy atom. The summed E-state index contributed by atoms with van der Waals surface area (Å²) in [5.74, 6) is -0.222. The molecule has 2 fully saturated rings. The van der Waals surface area contributed by atoms with Crippen molar-refractivity contribution in [3.8, 4) is 0 Å². The molecule has 2 N–H and O–H groups in total. The van der Waals surface area contributed by atoms with Crippen LogP contribution < -0.4 is 5.73 Å². The molecular weight excluding hydrogens is 192 g/mol. The van der Waals surface area contributed by atoms with Gasteiger partial charge in [0.05, 0.1) is 13.2 Å². The van der Waals surface area contributed by atoms with Crippen LogP contribution in [0.5, 0.6) is 0 Å². The third kappa shape index (κ3) is 2.50. The molecule has 2 aliphatic rings. The van der Waals surface area contributed by atoms with Crippen LogP contribution in [0.25, 0.3) is 0 Å². The topological polar surface area (TPSA) is 47.7 Å². The molecule has 0 aromatic rings. The average Bonchev–Trinajstić information content (AvgIpc) is 2.68. The molecule has 1 saturated carbocycles. The van der Waals surface area contributed by atoms with Gasteiger partial charge < -0.3 is 20.1 Å². The standard InChI is InChI=1S/C11H22N2O2/c1-13(7-6-12)10-2-4-11(5-3-10)14-8-9-15-11/h10H,2-9,12H2,1H3. The van der Waals surface area contributed by atoms with Crippen molar-refractivity contribution < 1.29 is 9.47 Å². The number of nitrogens with two attached hydrogens (primary N) is 1. The number of nitrogens with zero attached hydrogens (tertiary/aromatic N) is 1. The number of ether oxygens (including phenoxy) is 2. The van der Waals surface area contributed by atoms with Crippen molar-refractivity contribution in [2.24, 2.45) is 5.73 Å². The normalized spacial score (nSPS) is 26.6. The lowest BCUT2D eigenvalue weighted by molar-refractivity contribution is -0.183. The maximum absolute atomic E-state index is 5.70. The van der Waals surface area contributed by atoms with Gasteiger partial charge in [0.2, 0.25) is 0 Å². The zero-order valence-corrected chi connectivity index (χ0v) is 9.58. The van der Waals surface area contributed by atoms with E-state index in [-0.39, 0.29) is 5.79 Å². The molecule has 1 saturated heterocycles. The molecule has 0 aromatic heterocycles. The molecule has 0 aromatic carbocycles. The number of rotatable bonds is 3. The Morgan fingerprint density at radius 2 is 1.87 bits per heavy atom. The van der Waals surface area contributed by atoms with E-state index in [0.717, 1.165) is 52.0 Å². The summed E-state index contributed by atoms with van der Waals surface area (Å²) in [4.78, 5) is 2.36. The summed E-state index contributed by atoms with van der Waals surface area (Å²) in [7, 11) is 2.16. The maximum atomic E-state index is 5.70. The van der Waals surface area contributed by atoms with Gasteiger partial charge in [0, 0.05) is 32.0 Å². The Hall–Kier alpha value is -0.160. The average molecular weight is 214 g/mol. The molecule has 0 unspecified atom stereocenters. The second-order valence-corrected chi connectivity index (χ2v) is 4.61. The first-order valence-corrected chi connectivity index (χ1v) is 5.94. The van der Waals surface area contributed by atoms with Gasteiger partial charge in [-0.05, 0) is 19.9 Å². The minimum absolute atomic E-state index is 0.222. The molecule has 1 aliphatic carbocycles. The summed E-state index contributed by atoms with van der Waals surface area (Å²) in [6, 6.07) is 0.659. The molecule has 1 spiro atoms. The molecular formula is C11H22N2O2. The van der Waals surface area contributed by atoms with E-state index in [2.05, 4.69) is 11.9 Å². The summed E-state index contributed by atoms with van der Waals surface area (Å²) >= 11 is 0. The van der Waals surface area contributed by atoms with Gasteiger partial charge in [-0.15, -0.1) is 0 Å². The third-order valence-electron chi connectivity index (χ3n) is 3.64. The Bertz CT molecular complexity index is 195. The van der Waals surface area contributed by atoms with E-state index in [1.165, 1.54) is 0 Å². The molecule has 0 radical (unpaired) electrons. The van der Waals surface area contributed by atoms with E-state index in [0.29, 0.717) is 6.04 Å². The van der Waals surface area contributed by atoms with E-state index in [1.807, 2.05) is 0 Å². The zero-order valence-electron chi connectivity index (χ0n) is 9.58. The monoisotopic (exact) mass is 214 g/mol. The Morgan fingerprint density at radius 3 is 2.40 bits per heavy atom. The van der Waals surface area contributed by atoms with Crippen molar-refractivity contribution in [3.63, 3.8) is 0 Å². The molecule has 15 heavy (non-hydrogen) atoms. The van der Waals surface area contributed by atoms with Crippen LogP contribution in [-0.2, 0) is 9.47 Å². The Balaban J connectivity index is 1.81. The fraction of sp³-hybridized carbons (Fsp3) is 1.00. The minimum atomic E-state index is -0.222. The summed E-state index contributed by atoms with van der Waals surface area (Å²) in [5.41, 5.74) is 5.56. The van der Waals surface area contributed by atoms with E-state index >= 15 is 0 Å². The lowest BCUT2D eigenvalue weighted by Crippen LogP contribution is -2.44. The fourth-order valence-corrected chi connectivity index (χ4v) is 2.66. The van der Waals surface area contributed by atoms with Crippen molar-refractivity contribution in [1.82, 2.24) is 4.90 Å². The van der Waals surface area contributed by atoms with Crippen molar-refractivity contribution in [1.29, 1.82) is 0 Å². The Labute approximate surface area is 91.7 Å². The predicted molar refractivity (Wildman–Crippen MR) is 58.6 cm³/mol. The van der Waals surface area contributed by atoms with Gasteiger partial charge in [0.25, 0.3) is 0 Å². The smallest absolute Gasteiger partial charge is 0.168 e. The van der Waals surface area contributed by atoms with Gasteiger partial charge >= 0.3 is 0 Å². The fourth-order valence-electron chi connectivity index (χ4n) is 2.66. The molecule has 0 amide bonds. The van der Waals surface area contributed by atoms with Gasteiger partial charge in [-0.3, -0.25) is 0 Å². The van der Waals surface area contributed by atoms with Crippen LogP contribution >= 0.6 is 0 Å². The predicted octanol–water partition coefficient (Wildman–Crippen LogP) is 0.563. The van der Waals surface area contributed by atoms with E-state index in [9.17, 15) is 0 Å². The maximum Gasteiger partial charge on any atom is 0.168 e. The van der Waals surface area contributed by atoms with Crippen molar-refractivity contribution in [2.75, 3.05) is 33.4 Å². The summed E-state index contributed by atoms with van der Waals surface area (Å²) in [6.07, 6.45) is 4.39. The zero-order chi connectivity index (χ0) is 10.7. The highest BCUT2D eigenvalue weighted by Crippen LogP contribution is 2.36. The number of hydrogen-bond donors (Lipinski definition) is 1. The summed E-state index contributed by atoms with van der Waals surface area (Å²) < 4.78 is 11.4. The summed E-state index contributed by atoms with van der Waals surface area (Å²) in [6.45, 7) is 3.26. The quantitative estimate of drug-likeness (QED) is 0.746. The van der Waals surface area contributed by atoms with Gasteiger partial charge in [-0.25, -0.2) is 0 Å². The van der Waals surface area contributed by atoms with Crippen LogP contribution in [0.2, 0.25) is 0 Å². The summed E-state index contributed by atoms with van der Waals surface area (Å²) in [5, 5.41) is 0. The second-order valence-electron chi connectivity index (χ2n) is 4.61. The van der Waals surface area contributed by atoms with Crippen LogP contribution in [0.15, 0.2) is 0 Å². The van der Waals surface area contributed by atoms with Crippen molar-refractivity contribution in [2.45, 2.75) is 37.5 Å². The number of hydrogen-bond acceptors (Lipinski definition) is 4. The highest BCUT2D eigenvalue weighted by Gasteiger charge is 2.40. The molecule has 2 rings (SSSR count). The second kappa shape index (κ2) is 4.78. The van der Waals surface area contributed by atoms with E-state index < -0.39 is 0 Å². The van der Waals surface area contributed by atoms with E-state index in [1.54, 1.807) is 0 Å². The first-order valence-electron chi connectivity index (χ1n) is 5.94. The molecule has 1 aliphatic heterocycles. The Kier molecular flexibility index (Phi) is 3.61. The highest BCUT2D eigenvalue weighted by molar-refractivity contribution is 4.85. The van der Waals surface area contributed by atoms with Crippen molar-refractivity contribution in [3.05, 3.63) is 0 Å². The number of likely N-dealkylation sites (N-methyl/N-ethyl adjacent to an activating group) is 1. The molecule has 4 heteroatoms. The lowest BCUT2D eigenvalue weighted by atomic mass is 9.89. The van der Waals surface area contributed by atoms with E-state index in [4.69, 9.17) is 15.2 Å². The lowest BCUT2D eigenvalue weighted by Gasteiger charge is -2.38. The molecule has 4 nitrogen and oxygen atoms in total. The molecule has 0 bridgehead atoms. The molecule has 88 valence electrons. The largest absolute Gasteiger partial charge is 0.348 e. The third-order valence-corrected chi connectivity index (χ3v) is 3.64. The molecule has 1 heterocycles. The van der Waals surface area contributed by atoms with Crippen molar-refractivity contribution >= 4 is 0 Å². The SMILES string of the molecule is CN(CCN)C1CCC2(CC1)OCCO2. The van der Waals surface area contributed by atoms with Gasteiger partial charge in [0.1, 0.15) is 0 Å². The van der Waals surface area contributed by atoms with Crippen LogP contribution in [-0.4, -0.2) is 50.1 Å². The van der Waals surface area contributed by atoms with Gasteiger partial charge in [-0.1, -0.05) is 0 Å². The van der Waals surface area contributed by atoms with Crippen LogP contribution in [0, 0.1) is 0 Å². The van der Waals surface area contributed by atoms with Crippen LogP contribution in [0.1, 0.15) is 25.7 Å². The highest BCUT2D eigenvalue weighted by atomic mass is 16.7. The van der Waals surface area contributed by atoms with Gasteiger partial charge in [-0.2, -0.15) is 0 Å². The van der Waals surface area contributed by atoms with Crippen LogP contribution in [0.4, 0.5) is 0 Å². The first kappa shape index (κ1) is 11.3.